The summed E-state index contributed by atoms with van der Waals surface area (Å²) in [4.78, 5) is 9.00. The third kappa shape index (κ3) is 4.07. The molecule has 2 N–H and O–H groups in total. The molecule has 0 aliphatic heterocycles. The molecule has 0 aliphatic rings. The summed E-state index contributed by atoms with van der Waals surface area (Å²) in [6, 6.07) is 17.9. The highest BCUT2D eigenvalue weighted by molar-refractivity contribution is 9.10. The van der Waals surface area contributed by atoms with Gasteiger partial charge in [-0.1, -0.05) is 34.1 Å². The van der Waals surface area contributed by atoms with E-state index in [9.17, 15) is 0 Å². The van der Waals surface area contributed by atoms with Gasteiger partial charge in [-0.15, -0.1) is 0 Å². The predicted octanol–water partition coefficient (Wildman–Crippen LogP) is 5.34. The number of hydrogen-bond donors (Lipinski definition) is 2. The molecular formula is C18H17BrN4. The monoisotopic (exact) mass is 368 g/mol. The average Bonchev–Trinajstić information content (AvgIpc) is 2.50. The minimum absolute atomic E-state index is 0.578. The van der Waals surface area contributed by atoms with Gasteiger partial charge >= 0.3 is 0 Å². The summed E-state index contributed by atoms with van der Waals surface area (Å²) < 4.78 is 1.05. The smallest absolute Gasteiger partial charge is 0.229 e. The van der Waals surface area contributed by atoms with Crippen molar-refractivity contribution in [1.29, 1.82) is 0 Å². The quantitative estimate of drug-likeness (QED) is 0.652. The Labute approximate surface area is 144 Å². The fourth-order valence-electron chi connectivity index (χ4n) is 2.25. The summed E-state index contributed by atoms with van der Waals surface area (Å²) >= 11 is 3.47. The largest absolute Gasteiger partial charge is 0.340 e. The van der Waals surface area contributed by atoms with E-state index in [0.717, 1.165) is 32.9 Å². The maximum Gasteiger partial charge on any atom is 0.229 e. The Morgan fingerprint density at radius 3 is 2.39 bits per heavy atom. The summed E-state index contributed by atoms with van der Waals surface area (Å²) in [5.74, 6) is 1.34. The molecule has 4 nitrogen and oxygen atoms in total. The number of para-hydroxylation sites is 1. The first-order valence-corrected chi connectivity index (χ1v) is 8.10. The summed E-state index contributed by atoms with van der Waals surface area (Å²) in [5.41, 5.74) is 4.01. The van der Waals surface area contributed by atoms with Crippen molar-refractivity contribution in [1.82, 2.24) is 9.97 Å². The molecule has 3 rings (SSSR count). The molecule has 0 radical (unpaired) electrons. The number of nitrogens with zero attached hydrogens (tertiary/aromatic N) is 2. The van der Waals surface area contributed by atoms with Crippen molar-refractivity contribution in [3.63, 3.8) is 0 Å². The number of aryl methyl sites for hydroxylation is 2. The van der Waals surface area contributed by atoms with Crippen molar-refractivity contribution in [3.05, 3.63) is 70.3 Å². The fraction of sp³-hybridized carbons (Fsp3) is 0.111. The molecular weight excluding hydrogens is 352 g/mol. The Hall–Kier alpha value is -2.40. The van der Waals surface area contributed by atoms with Crippen molar-refractivity contribution in [2.24, 2.45) is 0 Å². The van der Waals surface area contributed by atoms with Crippen LogP contribution in [-0.2, 0) is 0 Å². The molecule has 0 saturated carbocycles. The number of benzene rings is 2. The van der Waals surface area contributed by atoms with Crippen LogP contribution in [0.2, 0.25) is 0 Å². The van der Waals surface area contributed by atoms with Crippen molar-refractivity contribution >= 4 is 39.1 Å². The van der Waals surface area contributed by atoms with Crippen LogP contribution in [0.15, 0.2) is 59.1 Å². The summed E-state index contributed by atoms with van der Waals surface area (Å²) in [5, 5.41) is 6.58. The van der Waals surface area contributed by atoms with Gasteiger partial charge < -0.3 is 10.6 Å². The Balaban J connectivity index is 1.85. The highest BCUT2D eigenvalue weighted by atomic mass is 79.9. The third-order valence-electron chi connectivity index (χ3n) is 3.34. The predicted molar refractivity (Wildman–Crippen MR) is 98.7 cm³/mol. The van der Waals surface area contributed by atoms with E-state index in [0.29, 0.717) is 5.95 Å². The zero-order valence-electron chi connectivity index (χ0n) is 13.0. The minimum Gasteiger partial charge on any atom is -0.340 e. The fourth-order valence-corrected chi connectivity index (χ4v) is 2.72. The van der Waals surface area contributed by atoms with Crippen molar-refractivity contribution in [2.45, 2.75) is 13.8 Å². The molecule has 0 atom stereocenters. The molecule has 0 bridgehead atoms. The SMILES string of the molecule is Cc1cc(Nc2ccccc2)nc(Nc2ccc(Br)cc2C)n1. The number of anilines is 4. The molecule has 0 amide bonds. The number of nitrogens with one attached hydrogen (secondary N) is 2. The van der Waals surface area contributed by atoms with E-state index in [1.54, 1.807) is 0 Å². The van der Waals surface area contributed by atoms with Gasteiger partial charge in [0, 0.05) is 27.6 Å². The zero-order chi connectivity index (χ0) is 16.2. The van der Waals surface area contributed by atoms with Crippen LogP contribution >= 0.6 is 15.9 Å². The van der Waals surface area contributed by atoms with Gasteiger partial charge in [0.2, 0.25) is 5.95 Å². The second-order valence-corrected chi connectivity index (χ2v) is 6.21. The van der Waals surface area contributed by atoms with Gasteiger partial charge in [0.05, 0.1) is 0 Å². The van der Waals surface area contributed by atoms with Crippen LogP contribution in [-0.4, -0.2) is 9.97 Å². The first-order valence-electron chi connectivity index (χ1n) is 7.31. The zero-order valence-corrected chi connectivity index (χ0v) is 14.6. The van der Waals surface area contributed by atoms with Gasteiger partial charge in [0.1, 0.15) is 5.82 Å². The Kier molecular flexibility index (Phi) is 4.57. The van der Waals surface area contributed by atoms with Gasteiger partial charge in [0.15, 0.2) is 0 Å². The van der Waals surface area contributed by atoms with Crippen LogP contribution in [0.5, 0.6) is 0 Å². The van der Waals surface area contributed by atoms with Crippen molar-refractivity contribution in [2.75, 3.05) is 10.6 Å². The van der Waals surface area contributed by atoms with Crippen molar-refractivity contribution < 1.29 is 0 Å². The molecule has 0 aliphatic carbocycles. The van der Waals surface area contributed by atoms with E-state index in [-0.39, 0.29) is 0 Å². The lowest BCUT2D eigenvalue weighted by Crippen LogP contribution is -2.03. The molecule has 23 heavy (non-hydrogen) atoms. The summed E-state index contributed by atoms with van der Waals surface area (Å²) in [6.07, 6.45) is 0. The molecule has 0 unspecified atom stereocenters. The molecule has 2 aromatic carbocycles. The van der Waals surface area contributed by atoms with Crippen LogP contribution < -0.4 is 10.6 Å². The van der Waals surface area contributed by atoms with Crippen LogP contribution in [0, 0.1) is 13.8 Å². The topological polar surface area (TPSA) is 49.8 Å². The van der Waals surface area contributed by atoms with E-state index in [4.69, 9.17) is 0 Å². The summed E-state index contributed by atoms with van der Waals surface area (Å²) in [7, 11) is 0. The number of halogens is 1. The number of aromatic nitrogens is 2. The number of rotatable bonds is 4. The van der Waals surface area contributed by atoms with Crippen LogP contribution in [0.3, 0.4) is 0 Å². The Morgan fingerprint density at radius 1 is 0.870 bits per heavy atom. The maximum atomic E-state index is 4.54. The normalized spacial score (nSPS) is 10.4. The third-order valence-corrected chi connectivity index (χ3v) is 3.83. The minimum atomic E-state index is 0.578. The van der Waals surface area contributed by atoms with E-state index in [1.165, 1.54) is 0 Å². The van der Waals surface area contributed by atoms with E-state index >= 15 is 0 Å². The first kappa shape index (κ1) is 15.5. The molecule has 3 aromatic rings. The molecule has 5 heteroatoms. The number of hydrogen-bond acceptors (Lipinski definition) is 4. The lowest BCUT2D eigenvalue weighted by atomic mass is 10.2. The van der Waals surface area contributed by atoms with Gasteiger partial charge in [-0.2, -0.15) is 4.98 Å². The standard InChI is InChI=1S/C18H17BrN4/c1-12-10-14(19)8-9-16(12)22-18-20-13(2)11-17(23-18)21-15-6-4-3-5-7-15/h3-11H,1-2H3,(H2,20,21,22,23). The lowest BCUT2D eigenvalue weighted by Gasteiger charge is -2.11. The molecule has 0 saturated heterocycles. The van der Waals surface area contributed by atoms with E-state index in [1.807, 2.05) is 62.4 Å². The summed E-state index contributed by atoms with van der Waals surface area (Å²) in [6.45, 7) is 4.00. The molecule has 116 valence electrons. The van der Waals surface area contributed by atoms with E-state index < -0.39 is 0 Å². The second kappa shape index (κ2) is 6.79. The molecule has 0 fully saturated rings. The van der Waals surface area contributed by atoms with Crippen LogP contribution in [0.4, 0.5) is 23.1 Å². The van der Waals surface area contributed by atoms with Gasteiger partial charge in [0.25, 0.3) is 0 Å². The Bertz CT molecular complexity index is 819. The van der Waals surface area contributed by atoms with Crippen molar-refractivity contribution in [3.8, 4) is 0 Å². The highest BCUT2D eigenvalue weighted by Crippen LogP contribution is 2.23. The van der Waals surface area contributed by atoms with E-state index in [2.05, 4.69) is 42.6 Å². The van der Waals surface area contributed by atoms with Gasteiger partial charge in [-0.05, 0) is 49.7 Å². The molecule has 0 spiro atoms. The second-order valence-electron chi connectivity index (χ2n) is 5.29. The Morgan fingerprint density at radius 2 is 1.65 bits per heavy atom. The van der Waals surface area contributed by atoms with Gasteiger partial charge in [-0.25, -0.2) is 4.98 Å². The first-order chi connectivity index (χ1) is 11.1. The molecule has 1 heterocycles. The average molecular weight is 369 g/mol. The van der Waals surface area contributed by atoms with Crippen LogP contribution in [0.25, 0.3) is 0 Å². The van der Waals surface area contributed by atoms with Crippen LogP contribution in [0.1, 0.15) is 11.3 Å². The maximum absolute atomic E-state index is 4.54. The molecule has 1 aromatic heterocycles. The lowest BCUT2D eigenvalue weighted by molar-refractivity contribution is 1.10. The van der Waals surface area contributed by atoms with Gasteiger partial charge in [-0.3, -0.25) is 0 Å². The highest BCUT2D eigenvalue weighted by Gasteiger charge is 2.05.